The summed E-state index contributed by atoms with van der Waals surface area (Å²) in [5, 5.41) is 19.8. The molecule has 2 aliphatic rings. The van der Waals surface area contributed by atoms with E-state index in [1.165, 1.54) is 91.0 Å². The maximum atomic E-state index is 13.9. The Hall–Kier alpha value is -9.58. The van der Waals surface area contributed by atoms with E-state index in [0.29, 0.717) is 44.6 Å². The van der Waals surface area contributed by atoms with Gasteiger partial charge in [0.05, 0.1) is 41.0 Å². The maximum absolute atomic E-state index is 13.9. The lowest BCUT2D eigenvalue weighted by Gasteiger charge is -2.36. The smallest absolute Gasteiger partial charge is 0.420 e. The second-order valence-electron chi connectivity index (χ2n) is 21.1. The van der Waals surface area contributed by atoms with Gasteiger partial charge in [-0.15, -0.1) is 0 Å². The molecule has 3 atom stereocenters. The van der Waals surface area contributed by atoms with E-state index in [9.17, 15) is 63.5 Å². The molecule has 0 saturated heterocycles. The van der Waals surface area contributed by atoms with Crippen molar-refractivity contribution in [2.45, 2.75) is 72.3 Å². The molecule has 0 bridgehead atoms. The average Bonchev–Trinajstić information content (AvgIpc) is 1.26. The van der Waals surface area contributed by atoms with Gasteiger partial charge in [0.2, 0.25) is 17.7 Å². The average molecular weight is 1400 g/mol. The van der Waals surface area contributed by atoms with Gasteiger partial charge in [0.15, 0.2) is 0 Å². The number of anilines is 5. The molecule has 0 saturated carbocycles. The number of aliphatic hydroxyl groups excluding tert-OH is 1. The summed E-state index contributed by atoms with van der Waals surface area (Å²) < 4.78 is 103. The Bertz CT molecular complexity index is 4500. The predicted molar refractivity (Wildman–Crippen MR) is 370 cm³/mol. The van der Waals surface area contributed by atoms with Crippen LogP contribution >= 0.6 is 23.2 Å². The number of methoxy groups -OCH3 is 2. The van der Waals surface area contributed by atoms with Gasteiger partial charge < -0.3 is 44.9 Å². The minimum atomic E-state index is -4.09. The van der Waals surface area contributed by atoms with E-state index < -0.39 is 78.8 Å². The van der Waals surface area contributed by atoms with Gasteiger partial charge in [0, 0.05) is 80.1 Å². The molecule has 8 aromatic rings. The third-order valence-corrected chi connectivity index (χ3v) is 19.4. The number of aromatic nitrogens is 1. The molecule has 0 unspecified atom stereocenters. The summed E-state index contributed by atoms with van der Waals surface area (Å²) in [6.07, 6.45) is 2.94. The van der Waals surface area contributed by atoms with Gasteiger partial charge >= 0.3 is 12.2 Å². The number of nitrogens with zero attached hydrogens (tertiary/aromatic N) is 3. The second kappa shape index (κ2) is 30.9. The van der Waals surface area contributed by atoms with Crippen LogP contribution in [0.3, 0.4) is 0 Å². The van der Waals surface area contributed by atoms with Crippen molar-refractivity contribution in [1.82, 2.24) is 18.7 Å². The maximum Gasteiger partial charge on any atom is 0.420 e. The quantitative estimate of drug-likeness (QED) is 0.0445. The molecular weight excluding hydrogens is 1320 g/mol. The van der Waals surface area contributed by atoms with E-state index in [0.717, 1.165) is 68.9 Å². The minimum absolute atomic E-state index is 0. The Balaban J connectivity index is 0.00000145. The van der Waals surface area contributed by atoms with E-state index in [2.05, 4.69) is 25.4 Å². The van der Waals surface area contributed by atoms with Gasteiger partial charge in [0.1, 0.15) is 23.9 Å². The summed E-state index contributed by atoms with van der Waals surface area (Å²) in [5.41, 5.74) is 5.93. The lowest BCUT2D eigenvalue weighted by molar-refractivity contribution is -0.119. The first-order chi connectivity index (χ1) is 44.7. The molecule has 94 heavy (non-hydrogen) atoms. The summed E-state index contributed by atoms with van der Waals surface area (Å²) in [5.74, 6) is -2.12. The van der Waals surface area contributed by atoms with Crippen molar-refractivity contribution in [3.63, 3.8) is 0 Å². The number of amides is 6. The third-order valence-electron chi connectivity index (χ3n) is 15.0. The number of aliphatic hydroxyl groups is 1. The Morgan fingerprint density at radius 3 is 1.45 bits per heavy atom. The summed E-state index contributed by atoms with van der Waals surface area (Å²) in [6, 6.07) is 39.7. The largest absolute Gasteiger partial charge is 0.452 e. The molecule has 0 radical (unpaired) electrons. The standard InChI is InChI=1S/C24H20FN3O4S.C20H22ClN3O6S.C20H22ClN3O5S.8H2/c1-16(28-15-14-20-21(25)8-5-9-22(20)28)23(29)26-18-10-12-19(13-11-18)33(31,32)27-24(30)17-6-3-2-4-7-17;1-30-20(27)23-31(28,29)16-7-5-15(6-8-16)22-19(26)18(12-25)24-10-2-3-13-11-14(21)4-9-17(13)24;1-13(24-11-3-4-14-12-15(21)5-10-18(14)24)19(25)22-16-6-8-17(9-7-16)30(27,28)23-20(26)29-2;;;;;;;;/h2-16H,1H3,(H,26,29)(H,27,30);4-9,11,18,25H,2-3,10,12H2,1H3,(H,22,26)(H,23,27);5-10,12-13H,3-4,11H2,1-2H3,(H,22,25)(H,23,26);8*1H/t16-;18-;13-;;;;;;;;/m110......../s1. The molecule has 7 aromatic carbocycles. The molecule has 0 aliphatic carbocycles. The number of carbonyl (C=O) groups is 6. The number of hydrogen-bond donors (Lipinski definition) is 7. The normalized spacial score (nSPS) is 13.7. The van der Waals surface area contributed by atoms with Crippen molar-refractivity contribution in [1.29, 1.82) is 0 Å². The van der Waals surface area contributed by atoms with Crippen LogP contribution in [-0.2, 0) is 66.8 Å². The van der Waals surface area contributed by atoms with Gasteiger partial charge in [-0.1, -0.05) is 47.5 Å². The van der Waals surface area contributed by atoms with Crippen LogP contribution in [0.5, 0.6) is 0 Å². The van der Waals surface area contributed by atoms with Crippen LogP contribution in [0.25, 0.3) is 10.9 Å². The van der Waals surface area contributed by atoms with Gasteiger partial charge in [-0.05, 0) is 190 Å². The fourth-order valence-electron chi connectivity index (χ4n) is 10.1. The number of sulfonamides is 3. The highest BCUT2D eigenvalue weighted by atomic mass is 35.5. The number of ether oxygens (including phenoxy) is 2. The third kappa shape index (κ3) is 17.6. The van der Waals surface area contributed by atoms with Crippen LogP contribution in [-0.4, -0.2) is 117 Å². The number of fused-ring (bicyclic) bond motifs is 3. The fourth-order valence-corrected chi connectivity index (χ4v) is 13.3. The first kappa shape index (κ1) is 70.3. The van der Waals surface area contributed by atoms with E-state index in [-0.39, 0.29) is 49.3 Å². The highest BCUT2D eigenvalue weighted by Gasteiger charge is 2.31. The molecule has 0 fully saturated rings. The lowest BCUT2D eigenvalue weighted by Crippen LogP contribution is -2.48. The predicted octanol–water partition coefficient (Wildman–Crippen LogP) is 11.4. The SMILES string of the molecule is COC(=O)NS(=O)(=O)c1ccc(NC(=O)[C@@H](CO)N2CCCc3cc(Cl)ccc32)cc1.COC(=O)NS(=O)(=O)c1ccc(NC(=O)[C@H](C)N2CCCc3cc(Cl)ccc32)cc1.C[C@H](C(=O)Nc1ccc(S(=O)(=O)NC(=O)c2ccccc2)cc1)n1ccc2c(F)cccc21.[HH].[HH].[HH].[HH].[HH].[HH].[HH].[HH]. The van der Waals surface area contributed by atoms with Crippen LogP contribution in [0.2, 0.25) is 10.0 Å². The monoisotopic (exact) mass is 1400 g/mol. The van der Waals surface area contributed by atoms with E-state index in [1.54, 1.807) is 69.6 Å². The number of nitrogens with one attached hydrogen (secondary N) is 6. The number of carbonyl (C=O) groups excluding carboxylic acids is 6. The molecule has 30 heteroatoms. The number of rotatable bonds is 17. The molecule has 6 amide bonds. The highest BCUT2D eigenvalue weighted by molar-refractivity contribution is 7.90. The van der Waals surface area contributed by atoms with Crippen molar-refractivity contribution in [3.8, 4) is 0 Å². The van der Waals surface area contributed by atoms with Crippen LogP contribution in [0.1, 0.15) is 65.6 Å². The van der Waals surface area contributed by atoms with Crippen LogP contribution < -0.4 is 39.9 Å². The minimum Gasteiger partial charge on any atom is -0.452 e. The zero-order valence-electron chi connectivity index (χ0n) is 50.7. The lowest BCUT2D eigenvalue weighted by atomic mass is 9.99. The summed E-state index contributed by atoms with van der Waals surface area (Å²) in [4.78, 5) is 76.3. The Morgan fingerprint density at radius 1 is 0.543 bits per heavy atom. The topological polar surface area (TPSA) is 327 Å². The van der Waals surface area contributed by atoms with Crippen molar-refractivity contribution in [3.05, 3.63) is 203 Å². The van der Waals surface area contributed by atoms with E-state index >= 15 is 0 Å². The van der Waals surface area contributed by atoms with Crippen molar-refractivity contribution in [2.75, 3.05) is 59.7 Å². The molecule has 3 heterocycles. The van der Waals surface area contributed by atoms with Crippen LogP contribution in [0.4, 0.5) is 42.4 Å². The zero-order chi connectivity index (χ0) is 68.1. The summed E-state index contributed by atoms with van der Waals surface area (Å²) in [6.45, 7) is 4.45. The second-order valence-corrected chi connectivity index (χ2v) is 27.0. The molecular formula is C64H80Cl2FN9O15S3. The molecule has 24 nitrogen and oxygen atoms in total. The van der Waals surface area contributed by atoms with Crippen LogP contribution in [0, 0.1) is 5.82 Å². The van der Waals surface area contributed by atoms with Gasteiger partial charge in [-0.3, -0.25) is 19.2 Å². The number of aryl methyl sites for hydroxylation is 2. The van der Waals surface area contributed by atoms with Crippen LogP contribution in [0.15, 0.2) is 185 Å². The van der Waals surface area contributed by atoms with E-state index in [1.807, 2.05) is 51.8 Å². The molecule has 10 rings (SSSR count). The Morgan fingerprint density at radius 2 is 0.979 bits per heavy atom. The number of benzene rings is 7. The van der Waals surface area contributed by atoms with E-state index in [4.69, 9.17) is 23.2 Å². The highest BCUT2D eigenvalue weighted by Crippen LogP contribution is 2.34. The van der Waals surface area contributed by atoms with Gasteiger partial charge in [0.25, 0.3) is 36.0 Å². The first-order valence-corrected chi connectivity index (χ1v) is 34.0. The van der Waals surface area contributed by atoms with Gasteiger partial charge in [-0.25, -0.2) is 53.4 Å². The van der Waals surface area contributed by atoms with Crippen molar-refractivity contribution < 1.29 is 84.4 Å². The Kier molecular flexibility index (Phi) is 23.1. The molecule has 0 spiro atoms. The summed E-state index contributed by atoms with van der Waals surface area (Å²) in [7, 11) is -10.1. The number of halogens is 3. The Labute approximate surface area is 563 Å². The summed E-state index contributed by atoms with van der Waals surface area (Å²) >= 11 is 12.2. The molecule has 1 aromatic heterocycles. The van der Waals surface area contributed by atoms with Gasteiger partial charge in [-0.2, -0.15) is 0 Å². The first-order valence-electron chi connectivity index (χ1n) is 28.7. The zero-order valence-corrected chi connectivity index (χ0v) is 54.7. The molecule has 510 valence electrons. The number of hydrogen-bond acceptors (Lipinski definition) is 17. The van der Waals surface area contributed by atoms with Crippen molar-refractivity contribution >= 4 is 128 Å². The fraction of sp³-hybridized carbons (Fsp3) is 0.219. The van der Waals surface area contributed by atoms with Crippen molar-refractivity contribution in [2.24, 2.45) is 0 Å². The molecule has 7 N–H and O–H groups in total. The molecule has 2 aliphatic heterocycles.